The Balaban J connectivity index is 1.50. The van der Waals surface area contributed by atoms with Crippen LogP contribution in [0.15, 0.2) is 36.0 Å². The fourth-order valence-electron chi connectivity index (χ4n) is 9.22. The summed E-state index contributed by atoms with van der Waals surface area (Å²) in [6, 6.07) is 0. The lowest BCUT2D eigenvalue weighted by atomic mass is 9.47. The molecule has 0 amide bonds. The van der Waals surface area contributed by atoms with Gasteiger partial charge in [0.05, 0.1) is 11.3 Å². The minimum atomic E-state index is -2.44. The van der Waals surface area contributed by atoms with Crippen LogP contribution in [0.2, 0.25) is 0 Å². The van der Waals surface area contributed by atoms with E-state index in [0.29, 0.717) is 6.42 Å². The molecule has 1 spiro atoms. The van der Waals surface area contributed by atoms with Crippen LogP contribution in [-0.2, 0) is 33.4 Å². The average molecular weight is 511 g/mol. The number of ether oxygens (including phenoxy) is 3. The van der Waals surface area contributed by atoms with Gasteiger partial charge < -0.3 is 24.4 Å². The summed E-state index contributed by atoms with van der Waals surface area (Å²) < 4.78 is 18.0. The van der Waals surface area contributed by atoms with Crippen LogP contribution in [0.3, 0.4) is 0 Å². The molecular formula is C28H30O9. The quantitative estimate of drug-likeness (QED) is 0.282. The lowest BCUT2D eigenvalue weighted by Gasteiger charge is -2.60. The maximum absolute atomic E-state index is 14.5. The van der Waals surface area contributed by atoms with Crippen molar-refractivity contribution in [2.75, 3.05) is 0 Å². The smallest absolute Gasteiger partial charge is 0.342 e. The third-order valence-corrected chi connectivity index (χ3v) is 11.3. The van der Waals surface area contributed by atoms with Crippen molar-refractivity contribution in [2.45, 2.75) is 81.6 Å². The van der Waals surface area contributed by atoms with Gasteiger partial charge in [0, 0.05) is 16.9 Å². The molecule has 5 unspecified atom stereocenters. The Morgan fingerprint density at radius 3 is 2.54 bits per heavy atom. The van der Waals surface area contributed by atoms with Crippen molar-refractivity contribution in [3.05, 3.63) is 36.0 Å². The van der Waals surface area contributed by atoms with Crippen LogP contribution < -0.4 is 0 Å². The molecule has 4 aliphatic heterocycles. The van der Waals surface area contributed by atoms with Gasteiger partial charge in [-0.3, -0.25) is 9.59 Å². The third-order valence-electron chi connectivity index (χ3n) is 11.3. The van der Waals surface area contributed by atoms with Gasteiger partial charge >= 0.3 is 11.9 Å². The second kappa shape index (κ2) is 6.33. The number of hydrogen-bond acceptors (Lipinski definition) is 9. The van der Waals surface area contributed by atoms with Crippen LogP contribution in [0.5, 0.6) is 0 Å². The fourth-order valence-corrected chi connectivity index (χ4v) is 9.22. The van der Waals surface area contributed by atoms with Crippen LogP contribution in [0, 0.1) is 28.6 Å². The molecule has 4 heterocycles. The molecule has 9 nitrogen and oxygen atoms in total. The molecule has 37 heavy (non-hydrogen) atoms. The molecule has 196 valence electrons. The van der Waals surface area contributed by atoms with Crippen molar-refractivity contribution in [1.29, 1.82) is 0 Å². The number of aliphatic hydroxyl groups is 2. The number of esters is 2. The van der Waals surface area contributed by atoms with Gasteiger partial charge in [0.2, 0.25) is 5.79 Å². The Labute approximate surface area is 213 Å². The Morgan fingerprint density at radius 2 is 1.81 bits per heavy atom. The van der Waals surface area contributed by atoms with E-state index < -0.39 is 75.0 Å². The Bertz CT molecular complexity index is 1310. The SMILES string of the molecule is C=C1C(=O)O[C@@H]2C[C@@]1(C)C1C(=O)[C@@]3(O)OC14C(O)(CCC1[C@H]3CC=C3CC=CC(=O)[C@@]31C)C(=O)OC24C. The van der Waals surface area contributed by atoms with Gasteiger partial charge in [-0.05, 0) is 57.9 Å². The second-order valence-corrected chi connectivity index (χ2v) is 12.6. The van der Waals surface area contributed by atoms with Gasteiger partial charge in [-0.15, -0.1) is 0 Å². The van der Waals surface area contributed by atoms with Gasteiger partial charge in [-0.2, -0.15) is 0 Å². The number of fused-ring (bicyclic) bond motifs is 9. The number of allylic oxidation sites excluding steroid dienone is 4. The van der Waals surface area contributed by atoms with Crippen molar-refractivity contribution in [2.24, 2.45) is 28.6 Å². The molecular weight excluding hydrogens is 480 g/mol. The average Bonchev–Trinajstić information content (AvgIpc) is 3.19. The molecule has 1 saturated carbocycles. The van der Waals surface area contributed by atoms with Gasteiger partial charge in [-0.25, -0.2) is 9.59 Å². The molecule has 2 N–H and O–H groups in total. The van der Waals surface area contributed by atoms with Crippen LogP contribution >= 0.6 is 0 Å². The minimum Gasteiger partial charge on any atom is -0.455 e. The summed E-state index contributed by atoms with van der Waals surface area (Å²) in [5.41, 5.74) is -7.44. The van der Waals surface area contributed by atoms with Crippen molar-refractivity contribution in [3.63, 3.8) is 0 Å². The van der Waals surface area contributed by atoms with E-state index in [1.807, 2.05) is 6.08 Å². The Hall–Kier alpha value is -2.62. The molecule has 7 rings (SSSR count). The first kappa shape index (κ1) is 23.5. The summed E-state index contributed by atoms with van der Waals surface area (Å²) in [4.78, 5) is 54.3. The van der Waals surface area contributed by atoms with E-state index in [4.69, 9.17) is 14.2 Å². The Kier molecular flexibility index (Phi) is 4.02. The first-order valence-electron chi connectivity index (χ1n) is 13.0. The predicted octanol–water partition coefficient (Wildman–Crippen LogP) is 1.46. The van der Waals surface area contributed by atoms with E-state index in [1.165, 1.54) is 13.0 Å². The molecule has 9 heteroatoms. The van der Waals surface area contributed by atoms with Crippen molar-refractivity contribution < 1.29 is 43.6 Å². The molecule has 0 aromatic carbocycles. The zero-order valence-corrected chi connectivity index (χ0v) is 21.0. The van der Waals surface area contributed by atoms with E-state index >= 15 is 0 Å². The summed E-state index contributed by atoms with van der Waals surface area (Å²) in [5.74, 6) is -7.72. The van der Waals surface area contributed by atoms with Gasteiger partial charge in [0.25, 0.3) is 0 Å². The number of Topliss-reactive ketones (excluding diaryl/α,β-unsaturated/α-hetero) is 1. The topological polar surface area (TPSA) is 136 Å². The molecule has 5 fully saturated rings. The summed E-state index contributed by atoms with van der Waals surface area (Å²) in [7, 11) is 0. The monoisotopic (exact) mass is 510 g/mol. The summed E-state index contributed by atoms with van der Waals surface area (Å²) >= 11 is 0. The molecule has 4 saturated heterocycles. The standard InChI is InChI=1S/C28H30O9/c1-13-21(31)35-18-12-23(13,2)19-20(30)27(34)16-9-8-14-6-5-7-17(29)24(14,3)15(16)10-11-26(33)22(32)36-25(18,4)28(19,26)37-27/h5,7-8,15-16,18-19,33-34H,1,6,9-12H2,2-4H3/t15?,16-,18-,19?,23-,24+,25?,26?,27+,28?/m1/s1. The first-order valence-corrected chi connectivity index (χ1v) is 13.0. The molecule has 4 bridgehead atoms. The number of ketones is 2. The third kappa shape index (κ3) is 2.12. The van der Waals surface area contributed by atoms with E-state index in [1.54, 1.807) is 19.9 Å². The highest BCUT2D eigenvalue weighted by Crippen LogP contribution is 2.73. The Morgan fingerprint density at radius 1 is 1.08 bits per heavy atom. The van der Waals surface area contributed by atoms with Crippen molar-refractivity contribution in [3.8, 4) is 0 Å². The summed E-state index contributed by atoms with van der Waals surface area (Å²) in [6.07, 6.45) is 5.20. The van der Waals surface area contributed by atoms with Crippen LogP contribution in [0.25, 0.3) is 0 Å². The minimum absolute atomic E-state index is 0.0271. The predicted molar refractivity (Wildman–Crippen MR) is 124 cm³/mol. The summed E-state index contributed by atoms with van der Waals surface area (Å²) in [5, 5.41) is 24.6. The first-order chi connectivity index (χ1) is 17.2. The summed E-state index contributed by atoms with van der Waals surface area (Å²) in [6.45, 7) is 8.91. The maximum Gasteiger partial charge on any atom is 0.342 e. The zero-order chi connectivity index (χ0) is 26.6. The van der Waals surface area contributed by atoms with Gasteiger partial charge in [-0.1, -0.05) is 31.2 Å². The number of carbonyl (C=O) groups excluding carboxylic acids is 4. The lowest BCUT2D eigenvalue weighted by molar-refractivity contribution is -0.339. The number of rotatable bonds is 0. The van der Waals surface area contributed by atoms with Crippen LogP contribution in [0.4, 0.5) is 0 Å². The van der Waals surface area contributed by atoms with E-state index in [2.05, 4.69) is 6.58 Å². The molecule has 3 aliphatic carbocycles. The highest BCUT2D eigenvalue weighted by Gasteiger charge is 2.91. The molecule has 0 radical (unpaired) electrons. The largest absolute Gasteiger partial charge is 0.455 e. The highest BCUT2D eigenvalue weighted by atomic mass is 16.7. The van der Waals surface area contributed by atoms with Crippen LogP contribution in [-0.4, -0.2) is 62.4 Å². The normalized spacial score (nSPS) is 55.4. The number of hydrogen-bond donors (Lipinski definition) is 2. The highest BCUT2D eigenvalue weighted by molar-refractivity contribution is 6.02. The van der Waals surface area contributed by atoms with E-state index in [0.717, 1.165) is 5.57 Å². The second-order valence-electron chi connectivity index (χ2n) is 12.6. The van der Waals surface area contributed by atoms with Gasteiger partial charge in [0.15, 0.2) is 28.4 Å². The maximum atomic E-state index is 14.5. The van der Waals surface area contributed by atoms with Crippen molar-refractivity contribution in [1.82, 2.24) is 0 Å². The molecule has 10 atom stereocenters. The van der Waals surface area contributed by atoms with E-state index in [-0.39, 0.29) is 37.0 Å². The number of carbonyl (C=O) groups is 4. The molecule has 0 aromatic rings. The zero-order valence-electron chi connectivity index (χ0n) is 21.0. The molecule has 0 aromatic heterocycles. The van der Waals surface area contributed by atoms with E-state index in [9.17, 15) is 29.4 Å². The van der Waals surface area contributed by atoms with Gasteiger partial charge in [0.1, 0.15) is 6.10 Å². The van der Waals surface area contributed by atoms with Crippen molar-refractivity contribution >= 4 is 23.5 Å². The lowest BCUT2D eigenvalue weighted by Crippen LogP contribution is -2.77. The molecule has 7 aliphatic rings. The van der Waals surface area contributed by atoms with Crippen LogP contribution in [0.1, 0.15) is 52.9 Å². The fraction of sp³-hybridized carbons (Fsp3) is 0.643.